The Morgan fingerprint density at radius 3 is 2.32 bits per heavy atom. The number of furan rings is 1. The van der Waals surface area contributed by atoms with Gasteiger partial charge in [0, 0.05) is 33.4 Å². The smallest absolute Gasteiger partial charge is 0.157 e. The average Bonchev–Trinajstić information content (AvgIpc) is 3.76. The molecule has 256 valence electrons. The molecule has 1 aliphatic heterocycles. The van der Waals surface area contributed by atoms with E-state index in [2.05, 4.69) is 85.0 Å². The highest BCUT2D eigenvalue weighted by Gasteiger charge is 2.33. The first-order chi connectivity index (χ1) is 26.1. The molecule has 2 unspecified atom stereocenters. The van der Waals surface area contributed by atoms with Gasteiger partial charge in [-0.3, -0.25) is 4.99 Å². The van der Waals surface area contributed by atoms with Gasteiger partial charge in [0.1, 0.15) is 28.9 Å². The van der Waals surface area contributed by atoms with Crippen LogP contribution < -0.4 is 20.9 Å². The van der Waals surface area contributed by atoms with E-state index in [9.17, 15) is 0 Å². The van der Waals surface area contributed by atoms with Gasteiger partial charge < -0.3 is 14.9 Å². The van der Waals surface area contributed by atoms with Crippen LogP contribution in [0, 0.1) is 0 Å². The van der Waals surface area contributed by atoms with Crippen molar-refractivity contribution in [2.24, 2.45) is 15.7 Å². The predicted octanol–water partition coefficient (Wildman–Crippen LogP) is 9.31. The van der Waals surface area contributed by atoms with Crippen LogP contribution in [0.3, 0.4) is 0 Å². The summed E-state index contributed by atoms with van der Waals surface area (Å²) in [5.41, 5.74) is 15.5. The van der Waals surface area contributed by atoms with E-state index in [0.29, 0.717) is 18.2 Å². The standard InChI is InChI=1S/C48H37N3O2/c1-2-3-5-11-31-18-20-32(21-19-31)47(49)51-48(33-12-6-4-7-13-33)50-30-38-16-10-17-43-46(38)41-27-36(23-25-42(41)52-43)37-22-24-39-40-26-34-14-8-9-15-35(34)28-45(40)53-44(39)29-37/h2-29,40,45H,30H2,1H3,(H2,49,50,51)/b3-2-,11-5-. The fourth-order valence-electron chi connectivity index (χ4n) is 7.37. The van der Waals surface area contributed by atoms with Gasteiger partial charge >= 0.3 is 0 Å². The summed E-state index contributed by atoms with van der Waals surface area (Å²) >= 11 is 0. The van der Waals surface area contributed by atoms with Gasteiger partial charge in [0.25, 0.3) is 0 Å². The van der Waals surface area contributed by atoms with E-state index in [1.807, 2.05) is 91.9 Å². The van der Waals surface area contributed by atoms with E-state index in [4.69, 9.17) is 24.9 Å². The molecule has 7 aromatic rings. The maximum absolute atomic E-state index is 6.59. The van der Waals surface area contributed by atoms with Crippen LogP contribution in [0.15, 0.2) is 166 Å². The number of nitrogens with zero attached hydrogens (tertiary/aromatic N) is 2. The monoisotopic (exact) mass is 687 g/mol. The van der Waals surface area contributed by atoms with Crippen molar-refractivity contribution in [1.29, 1.82) is 0 Å². The first kappa shape index (κ1) is 32.2. The van der Waals surface area contributed by atoms with E-state index >= 15 is 0 Å². The van der Waals surface area contributed by atoms with Crippen molar-refractivity contribution in [3.8, 4) is 16.9 Å². The van der Waals surface area contributed by atoms with Gasteiger partial charge in [-0.05, 0) is 70.0 Å². The Kier molecular flexibility index (Phi) is 8.37. The molecule has 0 amide bonds. The molecule has 1 aliphatic carbocycles. The van der Waals surface area contributed by atoms with Crippen molar-refractivity contribution in [1.82, 2.24) is 0 Å². The number of rotatable bonds is 7. The summed E-state index contributed by atoms with van der Waals surface area (Å²) < 4.78 is 12.9. The number of ether oxygens (including phenoxy) is 1. The Balaban J connectivity index is 1.05. The molecule has 0 bridgehead atoms. The van der Waals surface area contributed by atoms with Crippen molar-refractivity contribution >= 4 is 51.8 Å². The third-order valence-corrected chi connectivity index (χ3v) is 10.1. The van der Waals surface area contributed by atoms with Gasteiger partial charge in [-0.15, -0.1) is 0 Å². The van der Waals surface area contributed by atoms with Gasteiger partial charge in [-0.2, -0.15) is 0 Å². The zero-order chi connectivity index (χ0) is 35.7. The third-order valence-electron chi connectivity index (χ3n) is 10.1. The zero-order valence-corrected chi connectivity index (χ0v) is 29.3. The number of fused-ring (bicyclic) bond motifs is 7. The minimum absolute atomic E-state index is 0.00943. The van der Waals surface area contributed by atoms with Crippen LogP contribution in [-0.4, -0.2) is 17.8 Å². The molecule has 2 aliphatic rings. The lowest BCUT2D eigenvalue weighted by atomic mass is 9.89. The van der Waals surface area contributed by atoms with E-state index in [0.717, 1.165) is 61.1 Å². The van der Waals surface area contributed by atoms with Crippen LogP contribution in [0.1, 0.15) is 40.7 Å². The molecule has 1 aromatic heterocycles. The van der Waals surface area contributed by atoms with E-state index < -0.39 is 0 Å². The molecule has 0 saturated carbocycles. The molecule has 2 N–H and O–H groups in total. The van der Waals surface area contributed by atoms with Crippen molar-refractivity contribution < 1.29 is 9.15 Å². The quantitative estimate of drug-likeness (QED) is 0.103. The molecule has 0 radical (unpaired) electrons. The Hall–Kier alpha value is -6.72. The second kappa shape index (κ2) is 13.8. The second-order valence-corrected chi connectivity index (χ2v) is 13.4. The Morgan fingerprint density at radius 1 is 0.717 bits per heavy atom. The molecule has 2 heterocycles. The summed E-state index contributed by atoms with van der Waals surface area (Å²) in [4.78, 5) is 9.93. The van der Waals surface area contributed by atoms with Gasteiger partial charge in [0.2, 0.25) is 0 Å². The SMILES string of the molecule is C/C=C\C=C/c1ccc(C(N)=NC(=NCc2cccc3oc4ccc(-c5ccc6c(c5)OC5C=c7ccccc7=CC65)cc4c23)c2ccccc2)cc1. The normalized spacial score (nSPS) is 16.7. The van der Waals surface area contributed by atoms with Crippen LogP contribution in [0.5, 0.6) is 5.75 Å². The summed E-state index contributed by atoms with van der Waals surface area (Å²) in [5, 5.41) is 4.58. The summed E-state index contributed by atoms with van der Waals surface area (Å²) in [6, 6.07) is 45.7. The molecular formula is C48H37N3O2. The lowest BCUT2D eigenvalue weighted by molar-refractivity contribution is 0.288. The Bertz CT molecular complexity index is 2750. The van der Waals surface area contributed by atoms with Crippen LogP contribution in [0.2, 0.25) is 0 Å². The van der Waals surface area contributed by atoms with Crippen molar-refractivity contribution in [2.75, 3.05) is 0 Å². The maximum Gasteiger partial charge on any atom is 0.157 e. The molecule has 6 aromatic carbocycles. The summed E-state index contributed by atoms with van der Waals surface area (Å²) in [6.07, 6.45) is 12.7. The van der Waals surface area contributed by atoms with Crippen LogP contribution >= 0.6 is 0 Å². The molecule has 0 fully saturated rings. The number of hydrogen-bond donors (Lipinski definition) is 1. The van der Waals surface area contributed by atoms with E-state index in [1.54, 1.807) is 0 Å². The van der Waals surface area contributed by atoms with E-state index in [1.165, 1.54) is 16.0 Å². The van der Waals surface area contributed by atoms with Crippen molar-refractivity contribution in [2.45, 2.75) is 25.5 Å². The lowest BCUT2D eigenvalue weighted by Crippen LogP contribution is -2.33. The first-order valence-corrected chi connectivity index (χ1v) is 18.0. The number of aliphatic imine (C=N–C) groups is 2. The molecule has 0 spiro atoms. The van der Waals surface area contributed by atoms with Crippen molar-refractivity contribution in [3.05, 3.63) is 190 Å². The Labute approximate surface area is 308 Å². The molecular weight excluding hydrogens is 651 g/mol. The molecule has 5 heteroatoms. The fourth-order valence-corrected chi connectivity index (χ4v) is 7.37. The molecule has 0 saturated heterocycles. The second-order valence-electron chi connectivity index (χ2n) is 13.4. The summed E-state index contributed by atoms with van der Waals surface area (Å²) in [5.74, 6) is 2.14. The number of allylic oxidation sites excluding steroid dienone is 3. The molecule has 53 heavy (non-hydrogen) atoms. The first-order valence-electron chi connectivity index (χ1n) is 18.0. The highest BCUT2D eigenvalue weighted by atomic mass is 16.5. The van der Waals surface area contributed by atoms with Crippen LogP contribution in [-0.2, 0) is 6.54 Å². The summed E-state index contributed by atoms with van der Waals surface area (Å²) in [7, 11) is 0. The predicted molar refractivity (Wildman–Crippen MR) is 219 cm³/mol. The maximum atomic E-state index is 6.59. The molecule has 2 atom stereocenters. The third kappa shape index (κ3) is 6.27. The largest absolute Gasteiger partial charge is 0.485 e. The van der Waals surface area contributed by atoms with Gasteiger partial charge in [0.15, 0.2) is 5.84 Å². The van der Waals surface area contributed by atoms with Gasteiger partial charge in [-0.25, -0.2) is 4.99 Å². The number of hydrogen-bond acceptors (Lipinski definition) is 3. The van der Waals surface area contributed by atoms with Gasteiger partial charge in [0.05, 0.1) is 6.54 Å². The molecule has 9 rings (SSSR count). The Morgan fingerprint density at radius 2 is 1.49 bits per heavy atom. The fraction of sp³-hybridized carbons (Fsp3) is 0.0833. The number of benzene rings is 6. The zero-order valence-electron chi connectivity index (χ0n) is 29.3. The van der Waals surface area contributed by atoms with E-state index in [-0.39, 0.29) is 12.0 Å². The van der Waals surface area contributed by atoms with Crippen LogP contribution in [0.25, 0.3) is 51.3 Å². The lowest BCUT2D eigenvalue weighted by Gasteiger charge is -2.15. The van der Waals surface area contributed by atoms with Crippen molar-refractivity contribution in [3.63, 3.8) is 0 Å². The van der Waals surface area contributed by atoms with Crippen LogP contribution in [0.4, 0.5) is 0 Å². The summed E-state index contributed by atoms with van der Waals surface area (Å²) in [6.45, 7) is 2.40. The van der Waals surface area contributed by atoms with Gasteiger partial charge in [-0.1, -0.05) is 140 Å². The highest BCUT2D eigenvalue weighted by molar-refractivity contribution is 6.11. The average molecular weight is 688 g/mol. The topological polar surface area (TPSA) is 73.1 Å². The number of nitrogens with two attached hydrogens (primary N) is 1. The minimum Gasteiger partial charge on any atom is -0.485 e. The highest BCUT2D eigenvalue weighted by Crippen LogP contribution is 2.43. The molecule has 5 nitrogen and oxygen atoms in total. The number of amidine groups is 2. The minimum atomic E-state index is 0.00943.